The number of amides is 2. The topological polar surface area (TPSA) is 59.0 Å². The smallest absolute Gasteiger partial charge is 0.329 e. The van der Waals surface area contributed by atoms with Crippen molar-refractivity contribution in [1.82, 2.24) is 15.1 Å². The van der Waals surface area contributed by atoms with Crippen molar-refractivity contribution < 1.29 is 18.0 Å². The molecule has 0 aromatic carbocycles. The molecule has 0 saturated carbocycles. The van der Waals surface area contributed by atoms with Gasteiger partial charge in [-0.2, -0.15) is 18.3 Å². The number of nitrogens with zero attached hydrogens (tertiary/aromatic N) is 2. The van der Waals surface area contributed by atoms with Crippen LogP contribution >= 0.6 is 0 Å². The molecule has 8 heteroatoms. The molecule has 1 rings (SSSR count). The van der Waals surface area contributed by atoms with E-state index in [1.807, 2.05) is 0 Å². The summed E-state index contributed by atoms with van der Waals surface area (Å²) in [7, 11) is 0. The van der Waals surface area contributed by atoms with E-state index in [2.05, 4.69) is 10.4 Å². The summed E-state index contributed by atoms with van der Waals surface area (Å²) in [4.78, 5) is 11.1. The molecule has 1 heterocycles. The van der Waals surface area contributed by atoms with Gasteiger partial charge in [0.05, 0.1) is 6.20 Å². The summed E-state index contributed by atoms with van der Waals surface area (Å²) in [5.74, 6) is 0.349. The molecule has 0 aliphatic rings. The van der Waals surface area contributed by atoms with Gasteiger partial charge in [-0.1, -0.05) is 0 Å². The predicted molar refractivity (Wildman–Crippen MR) is 51.0 cm³/mol. The highest BCUT2D eigenvalue weighted by Crippen LogP contribution is 2.12. The minimum Gasteiger partial charge on any atom is -0.329 e. The van der Waals surface area contributed by atoms with Gasteiger partial charge in [-0.3, -0.25) is 5.32 Å². The summed E-state index contributed by atoms with van der Waals surface area (Å²) in [6, 6.07) is 0.587. The molecule has 0 bridgehead atoms. The molecule has 2 N–H and O–H groups in total. The average Bonchev–Trinajstić information content (AvgIpc) is 2.61. The van der Waals surface area contributed by atoms with Crippen LogP contribution in [0, 0.1) is 0 Å². The van der Waals surface area contributed by atoms with E-state index in [0.717, 1.165) is 0 Å². The highest BCUT2D eigenvalue weighted by molar-refractivity contribution is 5.88. The molecule has 0 fully saturated rings. The second-order valence-electron chi connectivity index (χ2n) is 2.96. The van der Waals surface area contributed by atoms with E-state index in [4.69, 9.17) is 0 Å². The van der Waals surface area contributed by atoms with Gasteiger partial charge in [-0.15, -0.1) is 0 Å². The first kappa shape index (κ1) is 12.3. The zero-order valence-electron chi connectivity index (χ0n) is 8.51. The van der Waals surface area contributed by atoms with Crippen molar-refractivity contribution in [2.45, 2.75) is 19.6 Å². The third kappa shape index (κ3) is 3.79. The molecule has 5 nitrogen and oxygen atoms in total. The van der Waals surface area contributed by atoms with Gasteiger partial charge in [0.25, 0.3) is 0 Å². The summed E-state index contributed by atoms with van der Waals surface area (Å²) >= 11 is 0. The fraction of sp³-hybridized carbons (Fsp3) is 0.500. The van der Waals surface area contributed by atoms with Crippen molar-refractivity contribution in [2.24, 2.45) is 0 Å². The number of nitrogens with one attached hydrogen (secondary N) is 2. The van der Waals surface area contributed by atoms with Gasteiger partial charge < -0.3 is 5.32 Å². The van der Waals surface area contributed by atoms with E-state index in [1.165, 1.54) is 16.9 Å². The van der Waals surface area contributed by atoms with Gasteiger partial charge in [0, 0.05) is 12.6 Å². The molecule has 2 amide bonds. The summed E-state index contributed by atoms with van der Waals surface area (Å²) in [6.07, 6.45) is -2.97. The molecular weight excluding hydrogens is 225 g/mol. The highest BCUT2D eigenvalue weighted by Gasteiger charge is 2.27. The van der Waals surface area contributed by atoms with Crippen molar-refractivity contribution >= 4 is 11.8 Å². The minimum absolute atomic E-state index is 0.349. The first-order valence-corrected chi connectivity index (χ1v) is 4.56. The van der Waals surface area contributed by atoms with E-state index in [0.29, 0.717) is 12.4 Å². The lowest BCUT2D eigenvalue weighted by atomic mass is 10.6. The predicted octanol–water partition coefficient (Wildman–Crippen LogP) is 1.59. The van der Waals surface area contributed by atoms with Crippen molar-refractivity contribution in [3.8, 4) is 0 Å². The third-order valence-corrected chi connectivity index (χ3v) is 1.71. The van der Waals surface area contributed by atoms with Crippen LogP contribution in [0.3, 0.4) is 0 Å². The van der Waals surface area contributed by atoms with Crippen molar-refractivity contribution in [2.75, 3.05) is 11.9 Å². The number of aryl methyl sites for hydroxylation is 1. The first-order valence-electron chi connectivity index (χ1n) is 4.56. The van der Waals surface area contributed by atoms with Crippen LogP contribution in [-0.4, -0.2) is 28.5 Å². The number of carbonyl (C=O) groups excluding carboxylic acids is 1. The Morgan fingerprint density at radius 3 is 2.81 bits per heavy atom. The number of urea groups is 1. The molecule has 0 saturated heterocycles. The van der Waals surface area contributed by atoms with Crippen LogP contribution in [0.2, 0.25) is 0 Å². The van der Waals surface area contributed by atoms with Crippen LogP contribution in [-0.2, 0) is 6.54 Å². The number of anilines is 1. The lowest BCUT2D eigenvalue weighted by molar-refractivity contribution is -0.122. The maximum absolute atomic E-state index is 11.8. The third-order valence-electron chi connectivity index (χ3n) is 1.71. The Labute approximate surface area is 89.6 Å². The van der Waals surface area contributed by atoms with Gasteiger partial charge in [0.1, 0.15) is 12.4 Å². The Hall–Kier alpha value is -1.73. The molecule has 0 aliphatic heterocycles. The summed E-state index contributed by atoms with van der Waals surface area (Å²) in [6.45, 7) is 0.951. The molecule has 0 spiro atoms. The van der Waals surface area contributed by atoms with Crippen molar-refractivity contribution in [3.63, 3.8) is 0 Å². The van der Waals surface area contributed by atoms with Gasteiger partial charge in [-0.05, 0) is 6.92 Å². The molecule has 0 atom stereocenters. The molecule has 1 aromatic heterocycles. The number of halogens is 3. The van der Waals surface area contributed by atoms with Crippen LogP contribution in [0.25, 0.3) is 0 Å². The van der Waals surface area contributed by atoms with E-state index in [1.54, 1.807) is 12.2 Å². The monoisotopic (exact) mass is 236 g/mol. The average molecular weight is 236 g/mol. The Balaban J connectivity index is 2.46. The lowest BCUT2D eigenvalue weighted by Crippen LogP contribution is -2.37. The van der Waals surface area contributed by atoms with E-state index in [9.17, 15) is 18.0 Å². The van der Waals surface area contributed by atoms with Crippen LogP contribution in [0.5, 0.6) is 0 Å². The number of alkyl halides is 3. The van der Waals surface area contributed by atoms with Crippen molar-refractivity contribution in [3.05, 3.63) is 12.3 Å². The maximum atomic E-state index is 11.8. The van der Waals surface area contributed by atoms with Crippen LogP contribution in [0.15, 0.2) is 12.3 Å². The highest BCUT2D eigenvalue weighted by atomic mass is 19.4. The first-order chi connectivity index (χ1) is 7.42. The Bertz CT molecular complexity index is 360. The standard InChI is InChI=1S/C8H11F3N4O/c1-2-15-6(3-4-13-15)14-7(16)12-5-8(9,10)11/h3-4H,2,5H2,1H3,(H2,12,14,16). The summed E-state index contributed by atoms with van der Waals surface area (Å²) in [5.41, 5.74) is 0. The van der Waals surface area contributed by atoms with Crippen molar-refractivity contribution in [1.29, 1.82) is 0 Å². The van der Waals surface area contributed by atoms with E-state index < -0.39 is 18.8 Å². The normalized spacial score (nSPS) is 11.2. The largest absolute Gasteiger partial charge is 0.405 e. The molecule has 0 unspecified atom stereocenters. The molecular formula is C8H11F3N4O. The molecule has 1 aromatic rings. The molecule has 0 aliphatic carbocycles. The number of hydrogen-bond donors (Lipinski definition) is 2. The van der Waals surface area contributed by atoms with Gasteiger partial charge in [0.15, 0.2) is 0 Å². The SMILES string of the molecule is CCn1nccc1NC(=O)NCC(F)(F)F. The minimum atomic E-state index is -4.41. The number of hydrogen-bond acceptors (Lipinski definition) is 2. The number of carbonyl (C=O) groups is 1. The lowest BCUT2D eigenvalue weighted by Gasteiger charge is -2.10. The molecule has 0 radical (unpaired) electrons. The van der Waals surface area contributed by atoms with Gasteiger partial charge >= 0.3 is 12.2 Å². The van der Waals surface area contributed by atoms with Gasteiger partial charge in [0.2, 0.25) is 0 Å². The summed E-state index contributed by atoms with van der Waals surface area (Å²) < 4.78 is 36.8. The van der Waals surface area contributed by atoms with Gasteiger partial charge in [-0.25, -0.2) is 9.48 Å². The molecule has 90 valence electrons. The fourth-order valence-corrected chi connectivity index (χ4v) is 1.03. The zero-order valence-corrected chi connectivity index (χ0v) is 8.51. The second-order valence-corrected chi connectivity index (χ2v) is 2.96. The number of aromatic nitrogens is 2. The van der Waals surface area contributed by atoms with E-state index in [-0.39, 0.29) is 0 Å². The van der Waals surface area contributed by atoms with Crippen LogP contribution in [0.4, 0.5) is 23.8 Å². The quantitative estimate of drug-likeness (QED) is 0.837. The Morgan fingerprint density at radius 2 is 2.25 bits per heavy atom. The zero-order chi connectivity index (χ0) is 12.2. The molecule has 16 heavy (non-hydrogen) atoms. The summed E-state index contributed by atoms with van der Waals surface area (Å²) in [5, 5.41) is 7.81. The van der Waals surface area contributed by atoms with Crippen LogP contribution in [0.1, 0.15) is 6.92 Å². The second kappa shape index (κ2) is 4.86. The van der Waals surface area contributed by atoms with E-state index >= 15 is 0 Å². The Kier molecular flexibility index (Phi) is 3.75. The Morgan fingerprint density at radius 1 is 1.56 bits per heavy atom. The number of rotatable bonds is 3. The maximum Gasteiger partial charge on any atom is 0.405 e. The van der Waals surface area contributed by atoms with Crippen LogP contribution < -0.4 is 10.6 Å². The fourth-order valence-electron chi connectivity index (χ4n) is 1.03.